The Balaban J connectivity index is 2.54. The molecule has 1 N–H and O–H groups in total. The van der Waals surface area contributed by atoms with Gasteiger partial charge in [0.2, 0.25) is 0 Å². The average molecular weight is 300 g/mol. The van der Waals surface area contributed by atoms with Gasteiger partial charge in [-0.3, -0.25) is 0 Å². The van der Waals surface area contributed by atoms with Gasteiger partial charge in [-0.1, -0.05) is 23.8 Å². The lowest BCUT2D eigenvalue weighted by molar-refractivity contribution is 0.0534. The van der Waals surface area contributed by atoms with Crippen molar-refractivity contribution in [3.05, 3.63) is 40.2 Å². The van der Waals surface area contributed by atoms with Crippen molar-refractivity contribution in [1.82, 2.24) is 5.32 Å². The third kappa shape index (κ3) is 5.61. The van der Waals surface area contributed by atoms with Gasteiger partial charge in [-0.15, -0.1) is 0 Å². The van der Waals surface area contributed by atoms with Gasteiger partial charge in [0.15, 0.2) is 0 Å². The summed E-state index contributed by atoms with van der Waals surface area (Å²) in [5, 5.41) is 3.06. The Morgan fingerprint density at radius 1 is 1.45 bits per heavy atom. The lowest BCUT2D eigenvalue weighted by atomic mass is 10.1. The van der Waals surface area contributed by atoms with Gasteiger partial charge in [0, 0.05) is 17.1 Å². The fourth-order valence-corrected chi connectivity index (χ4v) is 1.60. The molecule has 1 rings (SSSR count). The van der Waals surface area contributed by atoms with E-state index in [2.05, 4.69) is 5.32 Å². The van der Waals surface area contributed by atoms with Crippen molar-refractivity contribution in [1.29, 1.82) is 0 Å². The van der Waals surface area contributed by atoms with Crippen LogP contribution in [-0.2, 0) is 4.74 Å². The Bertz CT molecular complexity index is 521. The molecule has 20 heavy (non-hydrogen) atoms. The number of amides is 1. The number of halogens is 2. The standard InChI is InChI=1S/C15H19ClFNO2/c1-10-8-13(17)11(9-12(10)16)6-5-7-18-14(19)20-15(2,3)4/h5-6,8-9H,7H2,1-4H3,(H,18,19). The monoisotopic (exact) mass is 299 g/mol. The first-order chi connectivity index (χ1) is 9.19. The third-order valence-electron chi connectivity index (χ3n) is 2.34. The Hall–Kier alpha value is -1.55. The zero-order valence-corrected chi connectivity index (χ0v) is 12.8. The molecular weight excluding hydrogens is 281 g/mol. The van der Waals surface area contributed by atoms with Crippen molar-refractivity contribution >= 4 is 23.8 Å². The molecule has 5 heteroatoms. The number of rotatable bonds is 3. The number of aryl methyl sites for hydroxylation is 1. The molecule has 0 aliphatic rings. The highest BCUT2D eigenvalue weighted by Gasteiger charge is 2.15. The molecule has 3 nitrogen and oxygen atoms in total. The molecule has 0 atom stereocenters. The molecule has 1 amide bonds. The van der Waals surface area contributed by atoms with Gasteiger partial charge in [-0.25, -0.2) is 9.18 Å². The first-order valence-electron chi connectivity index (χ1n) is 6.28. The molecule has 1 aromatic rings. The molecule has 0 heterocycles. The summed E-state index contributed by atoms with van der Waals surface area (Å²) in [7, 11) is 0. The molecule has 0 bridgehead atoms. The van der Waals surface area contributed by atoms with Crippen LogP contribution in [0.2, 0.25) is 5.02 Å². The fourth-order valence-electron chi connectivity index (χ4n) is 1.43. The maximum Gasteiger partial charge on any atom is 0.407 e. The summed E-state index contributed by atoms with van der Waals surface area (Å²) in [6, 6.07) is 2.93. The first-order valence-corrected chi connectivity index (χ1v) is 6.66. The summed E-state index contributed by atoms with van der Waals surface area (Å²) in [4.78, 5) is 11.4. The molecule has 1 aromatic carbocycles. The van der Waals surface area contributed by atoms with Gasteiger partial charge in [0.1, 0.15) is 11.4 Å². The largest absolute Gasteiger partial charge is 0.444 e. The van der Waals surface area contributed by atoms with Crippen LogP contribution in [0.3, 0.4) is 0 Å². The van der Waals surface area contributed by atoms with Crippen molar-refractivity contribution in [3.8, 4) is 0 Å². The first kappa shape index (κ1) is 16.5. The summed E-state index contributed by atoms with van der Waals surface area (Å²) in [6.07, 6.45) is 2.69. The molecule has 0 saturated carbocycles. The minimum Gasteiger partial charge on any atom is -0.444 e. The second-order valence-electron chi connectivity index (χ2n) is 5.41. The van der Waals surface area contributed by atoms with E-state index in [9.17, 15) is 9.18 Å². The number of alkyl carbamates (subject to hydrolysis) is 1. The van der Waals surface area contributed by atoms with E-state index in [1.165, 1.54) is 6.07 Å². The maximum atomic E-state index is 13.6. The van der Waals surface area contributed by atoms with E-state index in [0.29, 0.717) is 16.1 Å². The number of hydrogen-bond donors (Lipinski definition) is 1. The summed E-state index contributed by atoms with van der Waals surface area (Å²) in [6.45, 7) is 7.34. The molecule has 0 saturated heterocycles. The van der Waals surface area contributed by atoms with E-state index in [-0.39, 0.29) is 12.4 Å². The van der Waals surface area contributed by atoms with Crippen LogP contribution in [0, 0.1) is 12.7 Å². The molecule has 0 aliphatic heterocycles. The zero-order valence-electron chi connectivity index (χ0n) is 12.1. The SMILES string of the molecule is Cc1cc(F)c(C=CCNC(=O)OC(C)(C)C)cc1Cl. The number of benzene rings is 1. The van der Waals surface area contributed by atoms with Crippen LogP contribution < -0.4 is 5.32 Å². The number of hydrogen-bond acceptors (Lipinski definition) is 2. The molecule has 110 valence electrons. The van der Waals surface area contributed by atoms with Crippen LogP contribution >= 0.6 is 11.6 Å². The molecule has 0 radical (unpaired) electrons. The predicted molar refractivity (Wildman–Crippen MR) is 79.4 cm³/mol. The van der Waals surface area contributed by atoms with E-state index in [0.717, 1.165) is 0 Å². The molecule has 0 aromatic heterocycles. The van der Waals surface area contributed by atoms with Crippen molar-refractivity contribution in [3.63, 3.8) is 0 Å². The van der Waals surface area contributed by atoms with Crippen molar-refractivity contribution in [2.45, 2.75) is 33.3 Å². The molecule has 0 spiro atoms. The Morgan fingerprint density at radius 3 is 2.70 bits per heavy atom. The number of ether oxygens (including phenoxy) is 1. The highest BCUT2D eigenvalue weighted by Crippen LogP contribution is 2.20. The third-order valence-corrected chi connectivity index (χ3v) is 2.75. The van der Waals surface area contributed by atoms with Crippen molar-refractivity contribution < 1.29 is 13.9 Å². The van der Waals surface area contributed by atoms with E-state index >= 15 is 0 Å². The van der Waals surface area contributed by atoms with Crippen LogP contribution in [0.15, 0.2) is 18.2 Å². The topological polar surface area (TPSA) is 38.3 Å². The van der Waals surface area contributed by atoms with Crippen LogP contribution in [0.4, 0.5) is 9.18 Å². The van der Waals surface area contributed by atoms with E-state index in [1.54, 1.807) is 45.9 Å². The second-order valence-corrected chi connectivity index (χ2v) is 5.82. The highest BCUT2D eigenvalue weighted by atomic mass is 35.5. The normalized spacial score (nSPS) is 11.7. The summed E-state index contributed by atoms with van der Waals surface area (Å²) in [5.74, 6) is -0.347. The lowest BCUT2D eigenvalue weighted by Gasteiger charge is -2.19. The minimum atomic E-state index is -0.537. The second kappa shape index (κ2) is 6.75. The van der Waals surface area contributed by atoms with Crippen LogP contribution in [0.5, 0.6) is 0 Å². The Morgan fingerprint density at radius 2 is 2.10 bits per heavy atom. The lowest BCUT2D eigenvalue weighted by Crippen LogP contribution is -2.32. The van der Waals surface area contributed by atoms with E-state index in [4.69, 9.17) is 16.3 Å². The van der Waals surface area contributed by atoms with Gasteiger partial charge in [0.25, 0.3) is 0 Å². The van der Waals surface area contributed by atoms with Gasteiger partial charge >= 0.3 is 6.09 Å². The Kier molecular flexibility index (Phi) is 5.57. The van der Waals surface area contributed by atoms with E-state index in [1.807, 2.05) is 0 Å². The highest BCUT2D eigenvalue weighted by molar-refractivity contribution is 6.31. The van der Waals surface area contributed by atoms with Crippen LogP contribution in [0.25, 0.3) is 6.08 Å². The Labute approximate surface area is 123 Å². The quantitative estimate of drug-likeness (QED) is 0.902. The fraction of sp³-hybridized carbons (Fsp3) is 0.400. The van der Waals surface area contributed by atoms with Crippen molar-refractivity contribution in [2.75, 3.05) is 6.54 Å². The van der Waals surface area contributed by atoms with Gasteiger partial charge in [-0.05, 0) is 45.4 Å². The maximum absolute atomic E-state index is 13.6. The number of carbonyl (C=O) groups is 1. The number of carbonyl (C=O) groups excluding carboxylic acids is 1. The molecule has 0 unspecified atom stereocenters. The average Bonchev–Trinajstić information content (AvgIpc) is 2.28. The van der Waals surface area contributed by atoms with Gasteiger partial charge < -0.3 is 10.1 Å². The summed E-state index contributed by atoms with van der Waals surface area (Å²) < 4.78 is 18.7. The van der Waals surface area contributed by atoms with Crippen LogP contribution in [0.1, 0.15) is 31.9 Å². The summed E-state index contributed by atoms with van der Waals surface area (Å²) in [5.41, 5.74) is 0.532. The van der Waals surface area contributed by atoms with E-state index < -0.39 is 11.7 Å². The molecule has 0 aliphatic carbocycles. The predicted octanol–water partition coefficient (Wildman–Crippen LogP) is 4.33. The van der Waals surface area contributed by atoms with Gasteiger partial charge in [0.05, 0.1) is 0 Å². The number of nitrogens with one attached hydrogen (secondary N) is 1. The minimum absolute atomic E-state index is 0.250. The van der Waals surface area contributed by atoms with Crippen molar-refractivity contribution in [2.24, 2.45) is 0 Å². The zero-order chi connectivity index (χ0) is 15.3. The smallest absolute Gasteiger partial charge is 0.407 e. The van der Waals surface area contributed by atoms with Gasteiger partial charge in [-0.2, -0.15) is 0 Å². The molecular formula is C15H19ClFNO2. The summed E-state index contributed by atoms with van der Waals surface area (Å²) >= 11 is 5.93. The molecule has 0 fully saturated rings. The van der Waals surface area contributed by atoms with Crippen LogP contribution in [-0.4, -0.2) is 18.2 Å².